The zero-order chi connectivity index (χ0) is 13.1. The Balaban J connectivity index is 1.94. The van der Waals surface area contributed by atoms with Gasteiger partial charge in [0, 0.05) is 19.0 Å². The first-order valence-corrected chi connectivity index (χ1v) is 7.18. The maximum absolute atomic E-state index is 6.35. The summed E-state index contributed by atoms with van der Waals surface area (Å²) in [5, 5.41) is 4.30. The lowest BCUT2D eigenvalue weighted by Gasteiger charge is -2.19. The van der Waals surface area contributed by atoms with Gasteiger partial charge in [0.15, 0.2) is 0 Å². The van der Waals surface area contributed by atoms with E-state index in [0.29, 0.717) is 11.8 Å². The van der Waals surface area contributed by atoms with Crippen molar-refractivity contribution in [3.05, 3.63) is 12.2 Å². The van der Waals surface area contributed by atoms with Crippen molar-refractivity contribution in [3.8, 4) is 0 Å². The molecule has 2 rings (SSSR count). The fourth-order valence-corrected chi connectivity index (χ4v) is 2.96. The molecule has 1 saturated carbocycles. The third kappa shape index (κ3) is 3.31. The summed E-state index contributed by atoms with van der Waals surface area (Å²) in [7, 11) is 0. The number of rotatable bonds is 5. The monoisotopic (exact) mass is 250 g/mol. The van der Waals surface area contributed by atoms with E-state index in [-0.39, 0.29) is 6.04 Å². The summed E-state index contributed by atoms with van der Waals surface area (Å²) in [5.74, 6) is 3.16. The van der Waals surface area contributed by atoms with E-state index >= 15 is 0 Å². The van der Waals surface area contributed by atoms with Crippen LogP contribution in [0, 0.1) is 17.8 Å². The molecule has 102 valence electrons. The van der Waals surface area contributed by atoms with Gasteiger partial charge < -0.3 is 5.73 Å². The molecule has 1 aromatic rings. The Bertz CT molecular complexity index is 372. The predicted octanol–water partition coefficient (Wildman–Crippen LogP) is 2.24. The maximum atomic E-state index is 6.35. The SMILES string of the molecule is CC(C)Cn1ncnc1CC(N)C1CCC(C)C1. The Morgan fingerprint density at radius 3 is 2.83 bits per heavy atom. The average molecular weight is 250 g/mol. The molecule has 3 atom stereocenters. The van der Waals surface area contributed by atoms with Crippen LogP contribution in [0.25, 0.3) is 0 Å². The van der Waals surface area contributed by atoms with Gasteiger partial charge >= 0.3 is 0 Å². The van der Waals surface area contributed by atoms with Gasteiger partial charge in [-0.05, 0) is 30.6 Å². The van der Waals surface area contributed by atoms with Gasteiger partial charge in [-0.15, -0.1) is 0 Å². The van der Waals surface area contributed by atoms with Crippen LogP contribution in [0.3, 0.4) is 0 Å². The molecule has 0 aliphatic heterocycles. The summed E-state index contributed by atoms with van der Waals surface area (Å²) in [6.45, 7) is 7.66. The first kappa shape index (κ1) is 13.5. The van der Waals surface area contributed by atoms with Crippen molar-refractivity contribution in [1.82, 2.24) is 14.8 Å². The van der Waals surface area contributed by atoms with Crippen molar-refractivity contribution in [2.75, 3.05) is 0 Å². The molecular weight excluding hydrogens is 224 g/mol. The summed E-state index contributed by atoms with van der Waals surface area (Å²) in [4.78, 5) is 4.37. The zero-order valence-electron chi connectivity index (χ0n) is 11.8. The molecule has 18 heavy (non-hydrogen) atoms. The minimum absolute atomic E-state index is 0.241. The zero-order valence-corrected chi connectivity index (χ0v) is 11.8. The van der Waals surface area contributed by atoms with Crippen molar-refractivity contribution in [2.45, 2.75) is 59.0 Å². The lowest BCUT2D eigenvalue weighted by atomic mass is 9.95. The standard InChI is InChI=1S/C14H26N4/c1-10(2)8-18-14(16-9-17-18)7-13(15)12-5-4-11(3)6-12/h9-13H,4-8,15H2,1-3H3. The molecule has 1 aliphatic carbocycles. The lowest BCUT2D eigenvalue weighted by molar-refractivity contribution is 0.393. The molecule has 0 spiro atoms. The molecule has 2 N–H and O–H groups in total. The highest BCUT2D eigenvalue weighted by Crippen LogP contribution is 2.32. The van der Waals surface area contributed by atoms with Crippen LogP contribution in [0.1, 0.15) is 45.9 Å². The van der Waals surface area contributed by atoms with Crippen LogP contribution in [-0.4, -0.2) is 20.8 Å². The Labute approximate surface area is 110 Å². The van der Waals surface area contributed by atoms with Gasteiger partial charge in [-0.2, -0.15) is 5.10 Å². The minimum atomic E-state index is 0.241. The Morgan fingerprint density at radius 2 is 2.22 bits per heavy atom. The van der Waals surface area contributed by atoms with Gasteiger partial charge in [0.25, 0.3) is 0 Å². The van der Waals surface area contributed by atoms with Gasteiger partial charge in [0.1, 0.15) is 12.2 Å². The van der Waals surface area contributed by atoms with E-state index in [1.54, 1.807) is 6.33 Å². The molecule has 1 aromatic heterocycles. The van der Waals surface area contributed by atoms with Crippen LogP contribution in [0.15, 0.2) is 6.33 Å². The lowest BCUT2D eigenvalue weighted by Crippen LogP contribution is -2.32. The number of nitrogens with zero attached hydrogens (tertiary/aromatic N) is 3. The Kier molecular flexibility index (Phi) is 4.38. The first-order valence-electron chi connectivity index (χ1n) is 7.18. The van der Waals surface area contributed by atoms with Crippen molar-refractivity contribution >= 4 is 0 Å². The summed E-state index contributed by atoms with van der Waals surface area (Å²) in [6.07, 6.45) is 6.41. The molecule has 0 bridgehead atoms. The molecule has 4 heteroatoms. The van der Waals surface area contributed by atoms with Gasteiger partial charge in [-0.1, -0.05) is 27.2 Å². The van der Waals surface area contributed by atoms with E-state index < -0.39 is 0 Å². The summed E-state index contributed by atoms with van der Waals surface area (Å²) in [6, 6.07) is 0.241. The molecule has 1 heterocycles. The van der Waals surface area contributed by atoms with Crippen LogP contribution in [0.5, 0.6) is 0 Å². The number of hydrogen-bond donors (Lipinski definition) is 1. The minimum Gasteiger partial charge on any atom is -0.327 e. The van der Waals surface area contributed by atoms with E-state index in [9.17, 15) is 0 Å². The van der Waals surface area contributed by atoms with E-state index in [0.717, 1.165) is 24.7 Å². The quantitative estimate of drug-likeness (QED) is 0.872. The molecule has 3 unspecified atom stereocenters. The third-order valence-corrected chi connectivity index (χ3v) is 3.99. The largest absolute Gasteiger partial charge is 0.327 e. The topological polar surface area (TPSA) is 56.7 Å². The van der Waals surface area contributed by atoms with Crippen LogP contribution < -0.4 is 5.73 Å². The van der Waals surface area contributed by atoms with Crippen LogP contribution in [0.2, 0.25) is 0 Å². The summed E-state index contributed by atoms with van der Waals surface area (Å²) in [5.41, 5.74) is 6.35. The fraction of sp³-hybridized carbons (Fsp3) is 0.857. The van der Waals surface area contributed by atoms with Gasteiger partial charge in [-0.3, -0.25) is 0 Å². The van der Waals surface area contributed by atoms with Gasteiger partial charge in [0.2, 0.25) is 0 Å². The molecule has 0 radical (unpaired) electrons. The molecular formula is C14H26N4. The predicted molar refractivity (Wildman–Crippen MR) is 73.0 cm³/mol. The maximum Gasteiger partial charge on any atom is 0.138 e. The Morgan fingerprint density at radius 1 is 1.44 bits per heavy atom. The molecule has 0 saturated heterocycles. The normalized spacial score (nSPS) is 25.8. The number of hydrogen-bond acceptors (Lipinski definition) is 3. The highest BCUT2D eigenvalue weighted by Gasteiger charge is 2.27. The number of aromatic nitrogens is 3. The van der Waals surface area contributed by atoms with Crippen molar-refractivity contribution < 1.29 is 0 Å². The second kappa shape index (κ2) is 5.83. The van der Waals surface area contributed by atoms with Gasteiger partial charge in [-0.25, -0.2) is 9.67 Å². The van der Waals surface area contributed by atoms with Crippen LogP contribution >= 0.6 is 0 Å². The van der Waals surface area contributed by atoms with E-state index in [1.807, 2.05) is 4.68 Å². The third-order valence-electron chi connectivity index (χ3n) is 3.99. The second-order valence-corrected chi connectivity index (χ2v) is 6.30. The van der Waals surface area contributed by atoms with Crippen molar-refractivity contribution in [1.29, 1.82) is 0 Å². The first-order chi connectivity index (χ1) is 8.56. The highest BCUT2D eigenvalue weighted by atomic mass is 15.3. The van der Waals surface area contributed by atoms with E-state index in [1.165, 1.54) is 19.3 Å². The average Bonchev–Trinajstić information content (AvgIpc) is 2.88. The van der Waals surface area contributed by atoms with Crippen LogP contribution in [0.4, 0.5) is 0 Å². The van der Waals surface area contributed by atoms with E-state index in [4.69, 9.17) is 5.73 Å². The van der Waals surface area contributed by atoms with E-state index in [2.05, 4.69) is 30.9 Å². The summed E-state index contributed by atoms with van der Waals surface area (Å²) < 4.78 is 2.02. The fourth-order valence-electron chi connectivity index (χ4n) is 2.96. The molecule has 0 amide bonds. The molecule has 1 fully saturated rings. The van der Waals surface area contributed by atoms with Crippen molar-refractivity contribution in [3.63, 3.8) is 0 Å². The van der Waals surface area contributed by atoms with Crippen LogP contribution in [-0.2, 0) is 13.0 Å². The van der Waals surface area contributed by atoms with Crippen molar-refractivity contribution in [2.24, 2.45) is 23.5 Å². The number of nitrogens with two attached hydrogens (primary N) is 1. The Hall–Kier alpha value is -0.900. The highest BCUT2D eigenvalue weighted by molar-refractivity contribution is 4.93. The smallest absolute Gasteiger partial charge is 0.138 e. The molecule has 0 aromatic carbocycles. The molecule has 1 aliphatic rings. The summed E-state index contributed by atoms with van der Waals surface area (Å²) >= 11 is 0. The molecule has 4 nitrogen and oxygen atoms in total. The van der Waals surface area contributed by atoms with Gasteiger partial charge in [0.05, 0.1) is 0 Å². The second-order valence-electron chi connectivity index (χ2n) is 6.30.